The van der Waals surface area contributed by atoms with Crippen molar-refractivity contribution in [1.82, 2.24) is 0 Å². The summed E-state index contributed by atoms with van der Waals surface area (Å²) in [5, 5.41) is 0.736. The van der Waals surface area contributed by atoms with Crippen LogP contribution in [0.25, 0.3) is 0 Å². The minimum atomic E-state index is 0.261. The number of hydrogen-bond donors (Lipinski definition) is 0. The molecule has 0 saturated heterocycles. The lowest BCUT2D eigenvalue weighted by Gasteiger charge is -2.12. The fraction of sp³-hybridized carbons (Fsp3) is 0.333. The molecule has 2 rings (SSSR count). The number of rotatable bonds is 7. The Morgan fingerprint density at radius 1 is 1.04 bits per heavy atom. The predicted molar refractivity (Wildman–Crippen MR) is 96.4 cm³/mol. The second kappa shape index (κ2) is 8.69. The maximum absolute atomic E-state index is 6.44. The van der Waals surface area contributed by atoms with Gasteiger partial charge in [0.25, 0.3) is 0 Å². The zero-order valence-corrected chi connectivity index (χ0v) is 15.8. The van der Waals surface area contributed by atoms with Gasteiger partial charge in [0.1, 0.15) is 12.5 Å². The van der Waals surface area contributed by atoms with Gasteiger partial charge >= 0.3 is 0 Å². The molecule has 0 aromatic heterocycles. The van der Waals surface area contributed by atoms with Gasteiger partial charge < -0.3 is 14.2 Å². The highest BCUT2D eigenvalue weighted by Crippen LogP contribution is 2.29. The van der Waals surface area contributed by atoms with Crippen molar-refractivity contribution in [2.45, 2.75) is 20.0 Å². The van der Waals surface area contributed by atoms with Crippen LogP contribution in [-0.4, -0.2) is 21.0 Å². The second-order valence-corrected chi connectivity index (χ2v) is 6.52. The van der Waals surface area contributed by atoms with Crippen molar-refractivity contribution < 1.29 is 14.2 Å². The highest BCUT2D eigenvalue weighted by molar-refractivity contribution is 9.10. The summed E-state index contributed by atoms with van der Waals surface area (Å²) in [5.74, 6) is 0.865. The average molecular weight is 400 g/mol. The third kappa shape index (κ3) is 4.95. The van der Waals surface area contributed by atoms with Crippen molar-refractivity contribution in [3.8, 4) is 5.75 Å². The average Bonchev–Trinajstić information content (AvgIpc) is 2.53. The lowest BCUT2D eigenvalue weighted by molar-refractivity contribution is -0.0392. The predicted octanol–water partition coefficient (Wildman–Crippen LogP) is 5.13. The van der Waals surface area contributed by atoms with E-state index in [0.717, 1.165) is 32.8 Å². The first-order chi connectivity index (χ1) is 11.0. The third-order valence-corrected chi connectivity index (χ3v) is 4.69. The Kier molecular flexibility index (Phi) is 6.90. The van der Waals surface area contributed by atoms with Crippen LogP contribution in [0.2, 0.25) is 5.02 Å². The number of hydrogen-bond acceptors (Lipinski definition) is 3. The number of halogens is 2. The normalized spacial score (nSPS) is 10.8. The molecule has 0 heterocycles. The van der Waals surface area contributed by atoms with E-state index in [1.165, 1.54) is 11.1 Å². The van der Waals surface area contributed by atoms with Gasteiger partial charge in [-0.1, -0.05) is 33.6 Å². The van der Waals surface area contributed by atoms with Crippen molar-refractivity contribution in [3.63, 3.8) is 0 Å². The topological polar surface area (TPSA) is 27.7 Å². The van der Waals surface area contributed by atoms with E-state index in [-0.39, 0.29) is 6.79 Å². The van der Waals surface area contributed by atoms with E-state index in [1.807, 2.05) is 18.2 Å². The molecule has 2 aromatic rings. The minimum Gasteiger partial charge on any atom is -0.497 e. The van der Waals surface area contributed by atoms with Crippen LogP contribution in [0.1, 0.15) is 22.3 Å². The molecule has 3 nitrogen and oxygen atoms in total. The van der Waals surface area contributed by atoms with E-state index in [9.17, 15) is 0 Å². The van der Waals surface area contributed by atoms with Gasteiger partial charge in [-0.15, -0.1) is 0 Å². The largest absolute Gasteiger partial charge is 0.497 e. The lowest BCUT2D eigenvalue weighted by Crippen LogP contribution is -2.00. The van der Waals surface area contributed by atoms with E-state index in [0.29, 0.717) is 6.61 Å². The van der Waals surface area contributed by atoms with Crippen molar-refractivity contribution in [2.24, 2.45) is 0 Å². The van der Waals surface area contributed by atoms with Crippen LogP contribution in [0.4, 0.5) is 0 Å². The van der Waals surface area contributed by atoms with Gasteiger partial charge in [0.05, 0.1) is 13.7 Å². The number of methoxy groups -OCH3 is 2. The lowest BCUT2D eigenvalue weighted by atomic mass is 9.99. The summed E-state index contributed by atoms with van der Waals surface area (Å²) in [6.45, 7) is 2.79. The summed E-state index contributed by atoms with van der Waals surface area (Å²) in [6.07, 6.45) is 0.770. The molecule has 0 aliphatic heterocycles. The molecule has 0 amide bonds. The summed E-state index contributed by atoms with van der Waals surface area (Å²) in [4.78, 5) is 0. The van der Waals surface area contributed by atoms with Gasteiger partial charge in [0.15, 0.2) is 0 Å². The SMILES string of the molecule is COCOCc1cc(Cl)c(Cc2ccc(OC)cc2C)cc1Br. The maximum atomic E-state index is 6.44. The Labute approximate surface area is 150 Å². The van der Waals surface area contributed by atoms with E-state index in [2.05, 4.69) is 35.0 Å². The van der Waals surface area contributed by atoms with Crippen LogP contribution in [0.3, 0.4) is 0 Å². The molecule has 0 N–H and O–H groups in total. The zero-order chi connectivity index (χ0) is 16.8. The fourth-order valence-corrected chi connectivity index (χ4v) is 3.07. The molecule has 0 radical (unpaired) electrons. The first kappa shape index (κ1) is 18.3. The highest BCUT2D eigenvalue weighted by Gasteiger charge is 2.10. The first-order valence-electron chi connectivity index (χ1n) is 7.22. The number of ether oxygens (including phenoxy) is 3. The first-order valence-corrected chi connectivity index (χ1v) is 8.39. The van der Waals surface area contributed by atoms with Crippen molar-refractivity contribution in [3.05, 3.63) is 62.1 Å². The molecule has 5 heteroatoms. The zero-order valence-electron chi connectivity index (χ0n) is 13.5. The van der Waals surface area contributed by atoms with Gasteiger partial charge in [-0.2, -0.15) is 0 Å². The number of aryl methyl sites for hydroxylation is 1. The maximum Gasteiger partial charge on any atom is 0.146 e. The fourth-order valence-electron chi connectivity index (χ4n) is 2.31. The number of benzene rings is 2. The molecular weight excluding hydrogens is 380 g/mol. The summed E-state index contributed by atoms with van der Waals surface area (Å²) >= 11 is 10.0. The van der Waals surface area contributed by atoms with Gasteiger partial charge in [0.2, 0.25) is 0 Å². The van der Waals surface area contributed by atoms with Crippen LogP contribution < -0.4 is 4.74 Å². The van der Waals surface area contributed by atoms with Gasteiger partial charge in [0, 0.05) is 16.6 Å². The molecule has 0 atom stereocenters. The molecule has 23 heavy (non-hydrogen) atoms. The molecule has 124 valence electrons. The van der Waals surface area contributed by atoms with Gasteiger partial charge in [-0.05, 0) is 59.9 Å². The van der Waals surface area contributed by atoms with E-state index in [1.54, 1.807) is 14.2 Å². The highest BCUT2D eigenvalue weighted by atomic mass is 79.9. The molecule has 0 fully saturated rings. The van der Waals surface area contributed by atoms with Crippen LogP contribution in [0.5, 0.6) is 5.75 Å². The molecule has 0 aliphatic rings. The molecule has 0 aliphatic carbocycles. The Hall–Kier alpha value is -1.07. The Morgan fingerprint density at radius 2 is 1.83 bits per heavy atom. The van der Waals surface area contributed by atoms with E-state index < -0.39 is 0 Å². The van der Waals surface area contributed by atoms with Crippen LogP contribution in [0.15, 0.2) is 34.8 Å². The molecule has 0 unspecified atom stereocenters. The summed E-state index contributed by atoms with van der Waals surface area (Å²) in [7, 11) is 3.27. The summed E-state index contributed by atoms with van der Waals surface area (Å²) < 4.78 is 16.5. The van der Waals surface area contributed by atoms with E-state index in [4.69, 9.17) is 25.8 Å². The van der Waals surface area contributed by atoms with Crippen LogP contribution in [0, 0.1) is 6.92 Å². The minimum absolute atomic E-state index is 0.261. The third-order valence-electron chi connectivity index (χ3n) is 3.60. The Morgan fingerprint density at radius 3 is 2.48 bits per heavy atom. The molecule has 0 bridgehead atoms. The summed E-state index contributed by atoms with van der Waals surface area (Å²) in [5.41, 5.74) is 4.48. The smallest absolute Gasteiger partial charge is 0.146 e. The van der Waals surface area contributed by atoms with Crippen molar-refractivity contribution >= 4 is 27.5 Å². The summed E-state index contributed by atoms with van der Waals surface area (Å²) in [6, 6.07) is 10.1. The molecule has 0 spiro atoms. The van der Waals surface area contributed by atoms with E-state index >= 15 is 0 Å². The van der Waals surface area contributed by atoms with Crippen molar-refractivity contribution in [1.29, 1.82) is 0 Å². The Balaban J connectivity index is 2.19. The van der Waals surface area contributed by atoms with Crippen molar-refractivity contribution in [2.75, 3.05) is 21.0 Å². The monoisotopic (exact) mass is 398 g/mol. The van der Waals surface area contributed by atoms with Gasteiger partial charge in [-0.25, -0.2) is 0 Å². The molecule has 0 saturated carbocycles. The van der Waals surface area contributed by atoms with Crippen LogP contribution in [-0.2, 0) is 22.5 Å². The Bertz CT molecular complexity index is 674. The second-order valence-electron chi connectivity index (χ2n) is 5.26. The quantitative estimate of drug-likeness (QED) is 0.477. The molecule has 2 aromatic carbocycles. The molecular formula is C18H20BrClO3. The van der Waals surface area contributed by atoms with Gasteiger partial charge in [-0.3, -0.25) is 0 Å². The van der Waals surface area contributed by atoms with Crippen LogP contribution >= 0.6 is 27.5 Å². The standard InChI is InChI=1S/C18H20BrClO3/c1-12-6-16(22-3)5-4-13(12)7-14-8-17(19)15(9-18(14)20)10-23-11-21-2/h4-6,8-9H,7,10-11H2,1-3H3.